The molecule has 2 rings (SSSR count). The van der Waals surface area contributed by atoms with Gasteiger partial charge >= 0.3 is 5.97 Å². The molecule has 108 valence electrons. The zero-order chi connectivity index (χ0) is 15.2. The number of nitrogens with zero attached hydrogens (tertiary/aromatic N) is 1. The van der Waals surface area contributed by atoms with E-state index in [1.165, 1.54) is 26.4 Å². The van der Waals surface area contributed by atoms with Crippen molar-refractivity contribution in [2.24, 2.45) is 0 Å². The minimum absolute atomic E-state index is 0.249. The minimum Gasteiger partial charge on any atom is -0.465 e. The fourth-order valence-corrected chi connectivity index (χ4v) is 1.67. The first-order valence-electron chi connectivity index (χ1n) is 6.18. The van der Waals surface area contributed by atoms with Crippen molar-refractivity contribution in [3.05, 3.63) is 53.9 Å². The first-order valence-corrected chi connectivity index (χ1v) is 6.18. The van der Waals surface area contributed by atoms with Gasteiger partial charge in [-0.1, -0.05) is 6.07 Å². The highest BCUT2D eigenvalue weighted by atomic mass is 16.5. The molecule has 0 atom stereocenters. The van der Waals surface area contributed by atoms with Gasteiger partial charge in [0.2, 0.25) is 0 Å². The van der Waals surface area contributed by atoms with Gasteiger partial charge in [0.25, 0.3) is 5.91 Å². The molecule has 0 spiro atoms. The maximum Gasteiger partial charge on any atom is 0.337 e. The number of esters is 1. The van der Waals surface area contributed by atoms with E-state index in [9.17, 15) is 9.59 Å². The van der Waals surface area contributed by atoms with Crippen LogP contribution in [0.1, 0.15) is 20.8 Å². The summed E-state index contributed by atoms with van der Waals surface area (Å²) < 4.78 is 10.3. The average Bonchev–Trinajstić information content (AvgIpc) is 2.53. The molecule has 21 heavy (non-hydrogen) atoms. The Morgan fingerprint density at radius 1 is 1.14 bits per heavy atom. The molecule has 0 radical (unpaired) electrons. The van der Waals surface area contributed by atoms with Crippen LogP contribution in [0.25, 0.3) is 0 Å². The van der Waals surface area contributed by atoms with E-state index in [-0.39, 0.29) is 11.6 Å². The summed E-state index contributed by atoms with van der Waals surface area (Å²) in [5, 5.41) is 2.49. The second-order valence-corrected chi connectivity index (χ2v) is 4.08. The molecule has 0 aliphatic rings. The largest absolute Gasteiger partial charge is 0.465 e. The number of carbonyl (C=O) groups is 2. The molecule has 1 aromatic heterocycles. The molecule has 0 saturated carbocycles. The lowest BCUT2D eigenvalue weighted by atomic mass is 10.2. The van der Waals surface area contributed by atoms with E-state index >= 15 is 0 Å². The Kier molecular flexibility index (Phi) is 4.50. The van der Waals surface area contributed by atoms with E-state index in [4.69, 9.17) is 4.74 Å². The third-order valence-corrected chi connectivity index (χ3v) is 2.68. The monoisotopic (exact) mass is 286 g/mol. The summed E-state index contributed by atoms with van der Waals surface area (Å²) in [5.74, 6) is 0.169. The minimum atomic E-state index is -0.443. The van der Waals surface area contributed by atoms with Crippen molar-refractivity contribution in [2.45, 2.75) is 0 Å². The Labute approximate surface area is 121 Å². The molecule has 1 aromatic carbocycles. The lowest BCUT2D eigenvalue weighted by Gasteiger charge is -2.08. The van der Waals surface area contributed by atoms with Crippen LogP contribution >= 0.6 is 0 Å². The van der Waals surface area contributed by atoms with Gasteiger partial charge < -0.3 is 14.8 Å². The smallest absolute Gasteiger partial charge is 0.337 e. The van der Waals surface area contributed by atoms with E-state index in [1.807, 2.05) is 0 Å². The number of carbonyl (C=O) groups excluding carboxylic acids is 2. The number of amides is 1. The van der Waals surface area contributed by atoms with Crippen molar-refractivity contribution < 1.29 is 19.1 Å². The van der Waals surface area contributed by atoms with E-state index in [0.29, 0.717) is 17.1 Å². The van der Waals surface area contributed by atoms with Crippen LogP contribution in [0.3, 0.4) is 0 Å². The number of benzene rings is 1. The van der Waals surface area contributed by atoms with Crippen molar-refractivity contribution in [1.29, 1.82) is 0 Å². The van der Waals surface area contributed by atoms with Crippen LogP contribution in [-0.4, -0.2) is 31.0 Å². The summed E-state index contributed by atoms with van der Waals surface area (Å²) >= 11 is 0. The van der Waals surface area contributed by atoms with E-state index in [1.54, 1.807) is 30.3 Å². The first-order chi connectivity index (χ1) is 10.1. The molecule has 1 heterocycles. The van der Waals surface area contributed by atoms with Crippen LogP contribution in [0.5, 0.6) is 11.5 Å². The van der Waals surface area contributed by atoms with Gasteiger partial charge in [-0.25, -0.2) is 4.79 Å². The zero-order valence-corrected chi connectivity index (χ0v) is 11.6. The summed E-state index contributed by atoms with van der Waals surface area (Å²) in [6.07, 6.45) is 1.48. The Balaban J connectivity index is 2.22. The maximum absolute atomic E-state index is 11.5. The summed E-state index contributed by atoms with van der Waals surface area (Å²) in [4.78, 5) is 26.9. The Bertz CT molecular complexity index is 613. The molecule has 0 fully saturated rings. The lowest BCUT2D eigenvalue weighted by molar-refractivity contribution is 0.0600. The van der Waals surface area contributed by atoms with E-state index < -0.39 is 5.97 Å². The Hall–Kier alpha value is -2.89. The first kappa shape index (κ1) is 14.5. The van der Waals surface area contributed by atoms with Gasteiger partial charge in [0.05, 0.1) is 12.7 Å². The number of aromatic nitrogens is 1. The predicted octanol–water partition coefficient (Wildman–Crippen LogP) is 2.02. The second kappa shape index (κ2) is 6.51. The van der Waals surface area contributed by atoms with Crippen LogP contribution in [0.4, 0.5) is 0 Å². The third kappa shape index (κ3) is 3.56. The number of nitrogens with one attached hydrogen (secondary N) is 1. The molecule has 0 bridgehead atoms. The summed E-state index contributed by atoms with van der Waals surface area (Å²) in [6, 6.07) is 9.71. The average molecular weight is 286 g/mol. The number of hydrogen-bond acceptors (Lipinski definition) is 5. The molecule has 0 saturated heterocycles. The van der Waals surface area contributed by atoms with Gasteiger partial charge in [-0.05, 0) is 24.3 Å². The molecule has 2 aromatic rings. The van der Waals surface area contributed by atoms with Crippen molar-refractivity contribution in [1.82, 2.24) is 10.3 Å². The highest BCUT2D eigenvalue weighted by Crippen LogP contribution is 2.22. The molecule has 0 aliphatic heterocycles. The number of methoxy groups -OCH3 is 1. The number of ether oxygens (including phenoxy) is 2. The fourth-order valence-electron chi connectivity index (χ4n) is 1.67. The molecule has 1 N–H and O–H groups in total. The number of hydrogen-bond donors (Lipinski definition) is 1. The highest BCUT2D eigenvalue weighted by Gasteiger charge is 2.09. The summed E-state index contributed by atoms with van der Waals surface area (Å²) in [7, 11) is 2.84. The highest BCUT2D eigenvalue weighted by molar-refractivity contribution is 5.92. The Morgan fingerprint density at radius 2 is 1.90 bits per heavy atom. The molecule has 1 amide bonds. The fraction of sp³-hybridized carbons (Fsp3) is 0.133. The number of rotatable bonds is 4. The summed E-state index contributed by atoms with van der Waals surface area (Å²) in [6.45, 7) is 0. The standard InChI is InChI=1S/C15H14N2O4/c1-16-14(18)13-9-12(6-7-17-13)21-11-5-3-4-10(8-11)15(19)20-2/h3-9H,1-2H3,(H,16,18). The van der Waals surface area contributed by atoms with Gasteiger partial charge in [-0.2, -0.15) is 0 Å². The molecule has 6 heteroatoms. The van der Waals surface area contributed by atoms with Crippen LogP contribution in [-0.2, 0) is 4.74 Å². The third-order valence-electron chi connectivity index (χ3n) is 2.68. The SMILES string of the molecule is CNC(=O)c1cc(Oc2cccc(C(=O)OC)c2)ccn1. The predicted molar refractivity (Wildman–Crippen MR) is 75.5 cm³/mol. The van der Waals surface area contributed by atoms with Crippen molar-refractivity contribution >= 4 is 11.9 Å². The topological polar surface area (TPSA) is 77.5 Å². The van der Waals surface area contributed by atoms with Gasteiger partial charge in [0.15, 0.2) is 0 Å². The van der Waals surface area contributed by atoms with Crippen LogP contribution in [0.15, 0.2) is 42.6 Å². The maximum atomic E-state index is 11.5. The Morgan fingerprint density at radius 3 is 2.62 bits per heavy atom. The van der Waals surface area contributed by atoms with Crippen LogP contribution in [0, 0.1) is 0 Å². The molecule has 0 aliphatic carbocycles. The normalized spacial score (nSPS) is 9.81. The van der Waals surface area contributed by atoms with Crippen molar-refractivity contribution in [3.8, 4) is 11.5 Å². The van der Waals surface area contributed by atoms with Crippen molar-refractivity contribution in [3.63, 3.8) is 0 Å². The second-order valence-electron chi connectivity index (χ2n) is 4.08. The van der Waals surface area contributed by atoms with Crippen LogP contribution in [0.2, 0.25) is 0 Å². The van der Waals surface area contributed by atoms with E-state index in [2.05, 4.69) is 15.0 Å². The summed E-state index contributed by atoms with van der Waals surface area (Å²) in [5.41, 5.74) is 0.634. The van der Waals surface area contributed by atoms with Gasteiger partial charge in [-0.3, -0.25) is 9.78 Å². The quantitative estimate of drug-likeness (QED) is 0.870. The zero-order valence-electron chi connectivity index (χ0n) is 11.6. The van der Waals surface area contributed by atoms with Gasteiger partial charge in [0, 0.05) is 19.3 Å². The molecular weight excluding hydrogens is 272 g/mol. The molecule has 0 unspecified atom stereocenters. The van der Waals surface area contributed by atoms with Crippen molar-refractivity contribution in [2.75, 3.05) is 14.2 Å². The van der Waals surface area contributed by atoms with Gasteiger partial charge in [0.1, 0.15) is 17.2 Å². The lowest BCUT2D eigenvalue weighted by Crippen LogP contribution is -2.18. The molecular formula is C15H14N2O4. The molecule has 6 nitrogen and oxygen atoms in total. The van der Waals surface area contributed by atoms with Crippen LogP contribution < -0.4 is 10.1 Å². The number of pyridine rings is 1. The van der Waals surface area contributed by atoms with Gasteiger partial charge in [-0.15, -0.1) is 0 Å². The van der Waals surface area contributed by atoms with E-state index in [0.717, 1.165) is 0 Å².